The van der Waals surface area contributed by atoms with Gasteiger partial charge in [-0.25, -0.2) is 4.39 Å². The minimum absolute atomic E-state index is 0.104. The van der Waals surface area contributed by atoms with E-state index in [-0.39, 0.29) is 6.61 Å². The van der Waals surface area contributed by atoms with Crippen molar-refractivity contribution in [3.63, 3.8) is 0 Å². The molecular formula is C17H18FNO. The highest BCUT2D eigenvalue weighted by molar-refractivity contribution is 5.70. The zero-order valence-corrected chi connectivity index (χ0v) is 11.5. The van der Waals surface area contributed by atoms with Crippen LogP contribution in [0, 0.1) is 0 Å². The van der Waals surface area contributed by atoms with Gasteiger partial charge in [-0.2, -0.15) is 0 Å². The summed E-state index contributed by atoms with van der Waals surface area (Å²) in [4.78, 5) is 0. The van der Waals surface area contributed by atoms with Gasteiger partial charge >= 0.3 is 0 Å². The monoisotopic (exact) mass is 270 g/mol. The molecule has 0 aromatic heterocycles. The van der Waals surface area contributed by atoms with Crippen LogP contribution in [0.2, 0.25) is 0 Å². The van der Waals surface area contributed by atoms with Gasteiger partial charge in [0.2, 0.25) is 0 Å². The first-order valence-electron chi connectivity index (χ1n) is 6.56. The number of alkyl halides is 1. The Morgan fingerprint density at radius 3 is 2.00 bits per heavy atom. The zero-order valence-electron chi connectivity index (χ0n) is 11.5. The van der Waals surface area contributed by atoms with Crippen LogP contribution in [0.1, 0.15) is 11.1 Å². The van der Waals surface area contributed by atoms with Crippen molar-refractivity contribution in [1.82, 2.24) is 0 Å². The van der Waals surface area contributed by atoms with E-state index in [0.29, 0.717) is 5.75 Å². The summed E-state index contributed by atoms with van der Waals surface area (Å²) in [6, 6.07) is 15.8. The predicted molar refractivity (Wildman–Crippen MR) is 82.8 cm³/mol. The number of ether oxygens (including phenoxy) is 1. The van der Waals surface area contributed by atoms with E-state index in [0.717, 1.165) is 16.8 Å². The molecule has 0 aliphatic heterocycles. The standard InChI is InChI=1S/C17H18FNO/c1-19-16-8-4-14(5-9-16)2-3-15-6-10-17(11-7-15)20-13-12-18/h2-11,19H,12-13H2,1H3/b3-2+/i18-1. The molecule has 0 aliphatic carbocycles. The third-order valence-electron chi connectivity index (χ3n) is 2.89. The first kappa shape index (κ1) is 14.1. The second-order valence-electron chi connectivity index (χ2n) is 4.31. The normalized spacial score (nSPS) is 10.7. The van der Waals surface area contributed by atoms with Gasteiger partial charge in [0.05, 0.1) is 0 Å². The van der Waals surface area contributed by atoms with Crippen molar-refractivity contribution in [3.05, 3.63) is 59.7 Å². The van der Waals surface area contributed by atoms with E-state index in [1.54, 1.807) is 0 Å². The average molecular weight is 270 g/mol. The van der Waals surface area contributed by atoms with Gasteiger partial charge in [-0.15, -0.1) is 0 Å². The molecule has 0 radical (unpaired) electrons. The maximum absolute atomic E-state index is 12.0. The van der Waals surface area contributed by atoms with Crippen LogP contribution >= 0.6 is 0 Å². The highest BCUT2D eigenvalue weighted by Gasteiger charge is 1.93. The molecule has 2 rings (SSSR count). The minimum Gasteiger partial charge on any atom is -0.491 e. The smallest absolute Gasteiger partial charge is 0.123 e. The van der Waals surface area contributed by atoms with E-state index < -0.39 is 6.67 Å². The van der Waals surface area contributed by atoms with Gasteiger partial charge in [0.15, 0.2) is 0 Å². The molecule has 3 heteroatoms. The number of hydrogen-bond donors (Lipinski definition) is 1. The maximum Gasteiger partial charge on any atom is 0.123 e. The lowest BCUT2D eigenvalue weighted by molar-refractivity contribution is 0.273. The first-order valence-corrected chi connectivity index (χ1v) is 6.56. The summed E-state index contributed by atoms with van der Waals surface area (Å²) in [5, 5.41) is 3.09. The molecule has 0 heterocycles. The van der Waals surface area contributed by atoms with Crippen molar-refractivity contribution in [2.45, 2.75) is 0 Å². The van der Waals surface area contributed by atoms with Gasteiger partial charge in [-0.05, 0) is 35.4 Å². The summed E-state index contributed by atoms with van der Waals surface area (Å²) in [6.45, 7) is -0.364. The van der Waals surface area contributed by atoms with E-state index in [4.69, 9.17) is 4.74 Å². The fourth-order valence-electron chi connectivity index (χ4n) is 1.78. The Kier molecular flexibility index (Phi) is 5.18. The van der Waals surface area contributed by atoms with Gasteiger partial charge in [0, 0.05) is 12.7 Å². The van der Waals surface area contributed by atoms with Crippen LogP contribution in [0.4, 0.5) is 10.1 Å². The summed E-state index contributed by atoms with van der Waals surface area (Å²) in [5.74, 6) is 0.693. The lowest BCUT2D eigenvalue weighted by Gasteiger charge is -2.03. The predicted octanol–water partition coefficient (Wildman–Crippen LogP) is 4.25. The summed E-state index contributed by atoms with van der Waals surface area (Å²) < 4.78 is 17.2. The SMILES string of the molecule is CNc1ccc(/C=C/c2ccc(OCC[18F])cc2)cc1. The Labute approximate surface area is 118 Å². The molecular weight excluding hydrogens is 252 g/mol. The number of nitrogens with one attached hydrogen (secondary N) is 1. The molecule has 0 unspecified atom stereocenters. The molecule has 0 saturated carbocycles. The van der Waals surface area contributed by atoms with Crippen LogP contribution < -0.4 is 10.1 Å². The molecule has 0 bridgehead atoms. The quantitative estimate of drug-likeness (QED) is 0.792. The molecule has 0 fully saturated rings. The molecule has 0 amide bonds. The van der Waals surface area contributed by atoms with E-state index in [9.17, 15) is 4.39 Å². The van der Waals surface area contributed by atoms with Gasteiger partial charge in [0.1, 0.15) is 19.0 Å². The van der Waals surface area contributed by atoms with Crippen molar-refractivity contribution in [2.75, 3.05) is 25.6 Å². The largest absolute Gasteiger partial charge is 0.491 e. The number of hydrogen-bond acceptors (Lipinski definition) is 2. The summed E-state index contributed by atoms with van der Waals surface area (Å²) in [5.41, 5.74) is 3.31. The highest BCUT2D eigenvalue weighted by Crippen LogP contribution is 2.15. The van der Waals surface area contributed by atoms with Crippen molar-refractivity contribution in [1.29, 1.82) is 0 Å². The first-order chi connectivity index (χ1) is 9.81. The average Bonchev–Trinajstić information content (AvgIpc) is 2.52. The molecule has 104 valence electrons. The van der Waals surface area contributed by atoms with Gasteiger partial charge < -0.3 is 10.1 Å². The van der Waals surface area contributed by atoms with Crippen molar-refractivity contribution >= 4 is 17.8 Å². The van der Waals surface area contributed by atoms with Crippen LogP contribution in [0.3, 0.4) is 0 Å². The van der Waals surface area contributed by atoms with Crippen LogP contribution in [0.15, 0.2) is 48.5 Å². The van der Waals surface area contributed by atoms with Gasteiger partial charge in [0.25, 0.3) is 0 Å². The fourth-order valence-corrected chi connectivity index (χ4v) is 1.78. The van der Waals surface area contributed by atoms with Crippen LogP contribution in [0.25, 0.3) is 12.2 Å². The summed E-state index contributed by atoms with van der Waals surface area (Å²) in [6.07, 6.45) is 4.09. The summed E-state index contributed by atoms with van der Waals surface area (Å²) in [7, 11) is 1.90. The Morgan fingerprint density at radius 2 is 1.50 bits per heavy atom. The number of halogens is 1. The van der Waals surface area contributed by atoms with E-state index in [2.05, 4.69) is 23.5 Å². The minimum atomic E-state index is -0.468. The summed E-state index contributed by atoms with van der Waals surface area (Å²) >= 11 is 0. The fraction of sp³-hybridized carbons (Fsp3) is 0.176. The number of rotatable bonds is 6. The molecule has 2 nitrogen and oxygen atoms in total. The van der Waals surface area contributed by atoms with Crippen LogP contribution in [-0.2, 0) is 0 Å². The molecule has 0 atom stereocenters. The Balaban J connectivity index is 1.99. The van der Waals surface area contributed by atoms with Crippen molar-refractivity contribution < 1.29 is 9.13 Å². The second-order valence-corrected chi connectivity index (χ2v) is 4.31. The van der Waals surface area contributed by atoms with Crippen molar-refractivity contribution in [2.24, 2.45) is 0 Å². The molecule has 1 N–H and O–H groups in total. The zero-order chi connectivity index (χ0) is 14.2. The second kappa shape index (κ2) is 7.34. The molecule has 0 spiro atoms. The van der Waals surface area contributed by atoms with Crippen LogP contribution in [-0.4, -0.2) is 20.3 Å². The van der Waals surface area contributed by atoms with E-state index in [1.165, 1.54) is 0 Å². The molecule has 0 aliphatic rings. The molecule has 20 heavy (non-hydrogen) atoms. The maximum atomic E-state index is 12.0. The molecule has 2 aromatic carbocycles. The Hall–Kier alpha value is -2.29. The number of anilines is 1. The van der Waals surface area contributed by atoms with Crippen LogP contribution in [0.5, 0.6) is 5.75 Å². The third-order valence-corrected chi connectivity index (χ3v) is 2.89. The lowest BCUT2D eigenvalue weighted by Crippen LogP contribution is -1.98. The molecule has 0 saturated heterocycles. The van der Waals surface area contributed by atoms with Gasteiger partial charge in [-0.3, -0.25) is 0 Å². The van der Waals surface area contributed by atoms with E-state index >= 15 is 0 Å². The Bertz CT molecular complexity index is 546. The van der Waals surface area contributed by atoms with E-state index in [1.807, 2.05) is 49.5 Å². The Morgan fingerprint density at radius 1 is 0.950 bits per heavy atom. The third kappa shape index (κ3) is 4.12. The topological polar surface area (TPSA) is 21.3 Å². The lowest BCUT2D eigenvalue weighted by atomic mass is 10.1. The van der Waals surface area contributed by atoms with Crippen molar-refractivity contribution in [3.8, 4) is 5.75 Å². The van der Waals surface area contributed by atoms with Gasteiger partial charge in [-0.1, -0.05) is 36.4 Å². The number of benzene rings is 2. The molecule has 2 aromatic rings. The highest BCUT2D eigenvalue weighted by atomic mass is 18.2.